The topological polar surface area (TPSA) is 25.8 Å². The van der Waals surface area contributed by atoms with Crippen LogP contribution in [0.1, 0.15) is 43.4 Å². The van der Waals surface area contributed by atoms with Crippen molar-refractivity contribution in [3.05, 3.63) is 23.3 Å². The van der Waals surface area contributed by atoms with Crippen molar-refractivity contribution in [3.8, 4) is 0 Å². The Balaban J connectivity index is 2.31. The van der Waals surface area contributed by atoms with Gasteiger partial charge in [-0.2, -0.15) is 0 Å². The van der Waals surface area contributed by atoms with Crippen LogP contribution in [0.25, 0.3) is 0 Å². The van der Waals surface area contributed by atoms with Crippen LogP contribution in [0.15, 0.2) is 6.07 Å². The molecule has 2 rings (SSSR count). The van der Waals surface area contributed by atoms with Crippen molar-refractivity contribution >= 4 is 11.6 Å². The van der Waals surface area contributed by atoms with Crippen LogP contribution in [0.5, 0.6) is 0 Å². The van der Waals surface area contributed by atoms with Crippen molar-refractivity contribution < 1.29 is 0 Å². The van der Waals surface area contributed by atoms with Gasteiger partial charge < -0.3 is 0 Å². The van der Waals surface area contributed by atoms with Crippen LogP contribution >= 0.6 is 11.6 Å². The predicted octanol–water partition coefficient (Wildman–Crippen LogP) is 3.04. The van der Waals surface area contributed by atoms with Gasteiger partial charge in [0.2, 0.25) is 0 Å². The fraction of sp³-hybridized carbons (Fsp3) is 0.636. The Morgan fingerprint density at radius 3 is 2.64 bits per heavy atom. The third-order valence-electron chi connectivity index (χ3n) is 2.89. The van der Waals surface area contributed by atoms with Gasteiger partial charge in [0, 0.05) is 11.6 Å². The molecule has 0 aromatic carbocycles. The molecule has 1 aromatic heterocycles. The fourth-order valence-corrected chi connectivity index (χ4v) is 1.93. The van der Waals surface area contributed by atoms with Crippen molar-refractivity contribution in [1.82, 2.24) is 9.97 Å². The van der Waals surface area contributed by atoms with E-state index < -0.39 is 0 Å². The summed E-state index contributed by atoms with van der Waals surface area (Å²) < 4.78 is 0. The van der Waals surface area contributed by atoms with Crippen molar-refractivity contribution in [1.29, 1.82) is 0 Å². The summed E-state index contributed by atoms with van der Waals surface area (Å²) in [6.07, 6.45) is 1.19. The molecule has 0 aliphatic heterocycles. The SMILES string of the molecule is Cc1cc(CCl)nc(C2CC2(C)C)n1. The van der Waals surface area contributed by atoms with E-state index in [4.69, 9.17) is 11.6 Å². The minimum absolute atomic E-state index is 0.386. The number of rotatable bonds is 2. The Morgan fingerprint density at radius 1 is 1.50 bits per heavy atom. The lowest BCUT2D eigenvalue weighted by Gasteiger charge is -2.05. The average Bonchev–Trinajstić information content (AvgIpc) is 2.74. The van der Waals surface area contributed by atoms with E-state index in [9.17, 15) is 0 Å². The molecule has 1 aromatic rings. The molecular formula is C11H15ClN2. The van der Waals surface area contributed by atoms with Crippen LogP contribution in [-0.2, 0) is 5.88 Å². The lowest BCUT2D eigenvalue weighted by Crippen LogP contribution is -2.01. The summed E-state index contributed by atoms with van der Waals surface area (Å²) in [5.74, 6) is 1.98. The van der Waals surface area contributed by atoms with E-state index in [2.05, 4.69) is 23.8 Å². The maximum absolute atomic E-state index is 5.78. The van der Waals surface area contributed by atoms with Crippen molar-refractivity contribution in [2.24, 2.45) is 5.41 Å². The second-order valence-electron chi connectivity index (χ2n) is 4.74. The zero-order chi connectivity index (χ0) is 10.3. The van der Waals surface area contributed by atoms with Crippen LogP contribution in [0, 0.1) is 12.3 Å². The highest BCUT2D eigenvalue weighted by molar-refractivity contribution is 6.16. The third-order valence-corrected chi connectivity index (χ3v) is 3.16. The first-order valence-corrected chi connectivity index (χ1v) is 5.47. The Labute approximate surface area is 89.7 Å². The minimum Gasteiger partial charge on any atom is -0.238 e. The summed E-state index contributed by atoms with van der Waals surface area (Å²) in [5.41, 5.74) is 2.35. The molecule has 1 heterocycles. The standard InChI is InChI=1S/C11H15ClN2/c1-7-4-8(6-12)14-10(13-7)9-5-11(9,2)3/h4,9H,5-6H2,1-3H3. The van der Waals surface area contributed by atoms with Gasteiger partial charge in [-0.1, -0.05) is 13.8 Å². The zero-order valence-corrected chi connectivity index (χ0v) is 9.60. The third kappa shape index (κ3) is 1.76. The molecule has 1 fully saturated rings. The first kappa shape index (κ1) is 9.91. The highest BCUT2D eigenvalue weighted by atomic mass is 35.5. The smallest absolute Gasteiger partial charge is 0.132 e. The van der Waals surface area contributed by atoms with E-state index in [1.165, 1.54) is 6.42 Å². The van der Waals surface area contributed by atoms with E-state index >= 15 is 0 Å². The van der Waals surface area contributed by atoms with Gasteiger partial charge in [0.15, 0.2) is 0 Å². The lowest BCUT2D eigenvalue weighted by atomic mass is 10.1. The van der Waals surface area contributed by atoms with Crippen LogP contribution in [-0.4, -0.2) is 9.97 Å². The van der Waals surface area contributed by atoms with Crippen LogP contribution in [0.2, 0.25) is 0 Å². The van der Waals surface area contributed by atoms with Gasteiger partial charge >= 0.3 is 0 Å². The molecule has 0 radical (unpaired) electrons. The number of nitrogens with zero attached hydrogens (tertiary/aromatic N) is 2. The molecule has 0 saturated heterocycles. The molecule has 1 saturated carbocycles. The number of alkyl halides is 1. The highest BCUT2D eigenvalue weighted by Crippen LogP contribution is 2.57. The number of hydrogen-bond acceptors (Lipinski definition) is 2. The Morgan fingerprint density at radius 2 is 2.14 bits per heavy atom. The first-order chi connectivity index (χ1) is 6.53. The van der Waals surface area contributed by atoms with Crippen molar-refractivity contribution in [2.45, 2.75) is 39.0 Å². The second-order valence-corrected chi connectivity index (χ2v) is 5.01. The first-order valence-electron chi connectivity index (χ1n) is 4.93. The van der Waals surface area contributed by atoms with Crippen LogP contribution in [0.3, 0.4) is 0 Å². The van der Waals surface area contributed by atoms with E-state index in [0.717, 1.165) is 17.2 Å². The molecule has 76 valence electrons. The van der Waals surface area contributed by atoms with Gasteiger partial charge in [-0.15, -0.1) is 11.6 Å². The van der Waals surface area contributed by atoms with E-state index in [1.807, 2.05) is 13.0 Å². The molecule has 14 heavy (non-hydrogen) atoms. The lowest BCUT2D eigenvalue weighted by molar-refractivity contribution is 0.606. The maximum Gasteiger partial charge on any atom is 0.132 e. The Bertz CT molecular complexity index is 360. The van der Waals surface area contributed by atoms with E-state index in [-0.39, 0.29) is 0 Å². The van der Waals surface area contributed by atoms with Gasteiger partial charge in [-0.3, -0.25) is 0 Å². The summed E-state index contributed by atoms with van der Waals surface area (Å²) in [5, 5.41) is 0. The summed E-state index contributed by atoms with van der Waals surface area (Å²) in [4.78, 5) is 8.94. The molecular weight excluding hydrogens is 196 g/mol. The Kier molecular flexibility index (Phi) is 2.26. The van der Waals surface area contributed by atoms with Crippen LogP contribution < -0.4 is 0 Å². The summed E-state index contributed by atoms with van der Waals surface area (Å²) in [6.45, 7) is 6.50. The molecule has 1 atom stereocenters. The summed E-state index contributed by atoms with van der Waals surface area (Å²) in [7, 11) is 0. The molecule has 1 unspecified atom stereocenters. The van der Waals surface area contributed by atoms with Gasteiger partial charge in [0.05, 0.1) is 11.6 Å². The quantitative estimate of drug-likeness (QED) is 0.702. The molecule has 1 aliphatic carbocycles. The predicted molar refractivity (Wildman–Crippen MR) is 57.5 cm³/mol. The average molecular weight is 211 g/mol. The molecule has 1 aliphatic rings. The zero-order valence-electron chi connectivity index (χ0n) is 8.84. The number of aromatic nitrogens is 2. The molecule has 0 bridgehead atoms. The molecule has 2 nitrogen and oxygen atoms in total. The van der Waals surface area contributed by atoms with Crippen molar-refractivity contribution in [2.75, 3.05) is 0 Å². The second kappa shape index (κ2) is 3.20. The molecule has 0 N–H and O–H groups in total. The van der Waals surface area contributed by atoms with Crippen LogP contribution in [0.4, 0.5) is 0 Å². The monoisotopic (exact) mass is 210 g/mol. The summed E-state index contributed by atoms with van der Waals surface area (Å²) >= 11 is 5.78. The Hall–Kier alpha value is -0.630. The van der Waals surface area contributed by atoms with Crippen molar-refractivity contribution in [3.63, 3.8) is 0 Å². The summed E-state index contributed by atoms with van der Waals surface area (Å²) in [6, 6.07) is 1.95. The van der Waals surface area contributed by atoms with Gasteiger partial charge in [-0.25, -0.2) is 9.97 Å². The highest BCUT2D eigenvalue weighted by Gasteiger charge is 2.48. The van der Waals surface area contributed by atoms with E-state index in [0.29, 0.717) is 17.2 Å². The normalized spacial score (nSPS) is 23.6. The van der Waals surface area contributed by atoms with Gasteiger partial charge in [0.25, 0.3) is 0 Å². The number of halogens is 1. The number of hydrogen-bond donors (Lipinski definition) is 0. The van der Waals surface area contributed by atoms with Gasteiger partial charge in [-0.05, 0) is 24.8 Å². The minimum atomic E-state index is 0.386. The van der Waals surface area contributed by atoms with Gasteiger partial charge in [0.1, 0.15) is 5.82 Å². The largest absolute Gasteiger partial charge is 0.238 e. The number of aryl methyl sites for hydroxylation is 1. The fourth-order valence-electron chi connectivity index (χ4n) is 1.79. The molecule has 0 amide bonds. The maximum atomic E-state index is 5.78. The molecule has 3 heteroatoms. The molecule has 0 spiro atoms. The van der Waals surface area contributed by atoms with E-state index in [1.54, 1.807) is 0 Å².